The first-order chi connectivity index (χ1) is 21.8. The summed E-state index contributed by atoms with van der Waals surface area (Å²) in [5.41, 5.74) is 6.98. The SMILES string of the molecule is N#Cc1ccc(-n2c3ccccc3c3ccc4ccccc4c32)c(C=N)c1-n1c2ccccc2c2ccc3ccccc3c21. The Balaban J connectivity index is 1.51. The first-order valence-corrected chi connectivity index (χ1v) is 14.7. The van der Waals surface area contributed by atoms with E-state index in [2.05, 4.69) is 130 Å². The van der Waals surface area contributed by atoms with E-state index in [1.165, 1.54) is 6.21 Å². The maximum Gasteiger partial charge on any atom is 0.101 e. The van der Waals surface area contributed by atoms with Crippen molar-refractivity contribution in [2.24, 2.45) is 0 Å². The molecule has 0 bridgehead atoms. The van der Waals surface area contributed by atoms with Crippen LogP contribution in [0.15, 0.2) is 133 Å². The quantitative estimate of drug-likeness (QED) is 0.215. The highest BCUT2D eigenvalue weighted by molar-refractivity contribution is 6.21. The summed E-state index contributed by atoms with van der Waals surface area (Å²) in [7, 11) is 0. The molecule has 2 heterocycles. The lowest BCUT2D eigenvalue weighted by atomic mass is 10.0. The van der Waals surface area contributed by atoms with Gasteiger partial charge in [0, 0.05) is 44.1 Å². The molecule has 0 aliphatic heterocycles. The van der Waals surface area contributed by atoms with E-state index in [0.717, 1.165) is 70.8 Å². The lowest BCUT2D eigenvalue weighted by molar-refractivity contribution is 1.12. The van der Waals surface area contributed by atoms with Gasteiger partial charge in [0.1, 0.15) is 6.07 Å². The molecule has 4 nitrogen and oxygen atoms in total. The smallest absolute Gasteiger partial charge is 0.101 e. The average molecular weight is 561 g/mol. The second-order valence-corrected chi connectivity index (χ2v) is 11.2. The molecule has 0 amide bonds. The Hall–Kier alpha value is -6.18. The predicted octanol–water partition coefficient (Wildman–Crippen LogP) is 10.1. The monoisotopic (exact) mass is 560 g/mol. The van der Waals surface area contributed by atoms with Gasteiger partial charge in [-0.15, -0.1) is 0 Å². The molecular formula is C40H24N4. The van der Waals surface area contributed by atoms with Crippen LogP contribution in [0.4, 0.5) is 0 Å². The molecule has 0 unspecified atom stereocenters. The van der Waals surface area contributed by atoms with Gasteiger partial charge in [0.25, 0.3) is 0 Å². The number of aromatic nitrogens is 2. The molecule has 0 saturated carbocycles. The molecule has 9 rings (SSSR count). The van der Waals surface area contributed by atoms with E-state index in [-0.39, 0.29) is 0 Å². The van der Waals surface area contributed by atoms with Gasteiger partial charge in [-0.2, -0.15) is 5.26 Å². The number of nitrogens with zero attached hydrogens (tertiary/aromatic N) is 3. The van der Waals surface area contributed by atoms with E-state index >= 15 is 0 Å². The Morgan fingerprint density at radius 2 is 1.00 bits per heavy atom. The van der Waals surface area contributed by atoms with Crippen LogP contribution in [0.3, 0.4) is 0 Å². The van der Waals surface area contributed by atoms with Gasteiger partial charge < -0.3 is 14.5 Å². The number of benzene rings is 7. The van der Waals surface area contributed by atoms with Gasteiger partial charge in [0.15, 0.2) is 0 Å². The van der Waals surface area contributed by atoms with Crippen LogP contribution >= 0.6 is 0 Å². The molecular weight excluding hydrogens is 536 g/mol. The summed E-state index contributed by atoms with van der Waals surface area (Å²) in [6.07, 6.45) is 1.42. The molecule has 0 atom stereocenters. The third-order valence-corrected chi connectivity index (χ3v) is 9.04. The molecule has 0 aliphatic rings. The zero-order valence-corrected chi connectivity index (χ0v) is 23.6. The minimum Gasteiger partial charge on any atom is -0.308 e. The third kappa shape index (κ3) is 3.18. The Bertz CT molecular complexity index is 2700. The molecule has 0 fully saturated rings. The van der Waals surface area contributed by atoms with Crippen molar-refractivity contribution in [3.05, 3.63) is 145 Å². The first kappa shape index (κ1) is 24.4. The van der Waals surface area contributed by atoms with Gasteiger partial charge >= 0.3 is 0 Å². The minimum absolute atomic E-state index is 0.522. The fourth-order valence-electron chi connectivity index (χ4n) is 7.21. The third-order valence-electron chi connectivity index (χ3n) is 9.04. The number of rotatable bonds is 3. The number of nitrogens with one attached hydrogen (secondary N) is 1. The van der Waals surface area contributed by atoms with Crippen LogP contribution in [0.2, 0.25) is 0 Å². The van der Waals surface area contributed by atoms with Gasteiger partial charge in [-0.05, 0) is 35.0 Å². The number of para-hydroxylation sites is 2. The van der Waals surface area contributed by atoms with Crippen molar-refractivity contribution in [2.45, 2.75) is 0 Å². The van der Waals surface area contributed by atoms with E-state index < -0.39 is 0 Å². The van der Waals surface area contributed by atoms with Crippen molar-refractivity contribution in [1.29, 1.82) is 10.7 Å². The van der Waals surface area contributed by atoms with Gasteiger partial charge in [0.2, 0.25) is 0 Å². The van der Waals surface area contributed by atoms with Crippen molar-refractivity contribution in [1.82, 2.24) is 9.13 Å². The van der Waals surface area contributed by atoms with Gasteiger partial charge in [-0.25, -0.2) is 0 Å². The van der Waals surface area contributed by atoms with Crippen LogP contribution in [-0.4, -0.2) is 15.3 Å². The molecule has 0 aliphatic carbocycles. The number of hydrogen-bond donors (Lipinski definition) is 1. The zero-order valence-electron chi connectivity index (χ0n) is 23.6. The van der Waals surface area contributed by atoms with Crippen LogP contribution in [-0.2, 0) is 0 Å². The fourth-order valence-corrected chi connectivity index (χ4v) is 7.21. The summed E-state index contributed by atoms with van der Waals surface area (Å²) >= 11 is 0. The Morgan fingerprint density at radius 1 is 0.500 bits per heavy atom. The van der Waals surface area contributed by atoms with Crippen LogP contribution < -0.4 is 0 Å². The van der Waals surface area contributed by atoms with Crippen molar-refractivity contribution in [3.8, 4) is 17.4 Å². The topological polar surface area (TPSA) is 57.5 Å². The highest BCUT2D eigenvalue weighted by atomic mass is 15.0. The first-order valence-electron chi connectivity index (χ1n) is 14.7. The molecule has 7 aromatic carbocycles. The number of fused-ring (bicyclic) bond motifs is 10. The van der Waals surface area contributed by atoms with E-state index in [4.69, 9.17) is 5.41 Å². The van der Waals surface area contributed by atoms with Crippen LogP contribution in [0, 0.1) is 16.7 Å². The van der Waals surface area contributed by atoms with E-state index in [9.17, 15) is 5.26 Å². The molecule has 2 aromatic heterocycles. The molecule has 4 heteroatoms. The van der Waals surface area contributed by atoms with E-state index in [0.29, 0.717) is 16.8 Å². The Kier molecular flexibility index (Phi) is 5.08. The molecule has 1 N–H and O–H groups in total. The van der Waals surface area contributed by atoms with Crippen LogP contribution in [0.25, 0.3) is 76.5 Å². The predicted molar refractivity (Wildman–Crippen MR) is 183 cm³/mol. The zero-order chi connectivity index (χ0) is 29.4. The molecule has 0 radical (unpaired) electrons. The van der Waals surface area contributed by atoms with Crippen molar-refractivity contribution in [2.75, 3.05) is 0 Å². The van der Waals surface area contributed by atoms with Crippen molar-refractivity contribution >= 4 is 71.4 Å². The standard InChI is InChI=1S/C40H24N4/c41-23-27-19-22-37(43-35-15-7-5-13-30(35)32-20-17-25-9-1-3-11-28(25)39(32)43)34(24-42)38(27)44-36-16-8-6-14-31(36)33-21-18-26-10-2-4-12-29(26)40(33)44/h1-22,24,42H. The summed E-state index contributed by atoms with van der Waals surface area (Å²) in [6, 6.07) is 48.7. The molecule has 0 saturated heterocycles. The maximum atomic E-state index is 10.6. The second-order valence-electron chi connectivity index (χ2n) is 11.2. The second kappa shape index (κ2) is 9.16. The molecule has 0 spiro atoms. The van der Waals surface area contributed by atoms with E-state index in [1.807, 2.05) is 18.2 Å². The van der Waals surface area contributed by atoms with Crippen molar-refractivity contribution in [3.63, 3.8) is 0 Å². The number of nitriles is 1. The molecule has 9 aromatic rings. The van der Waals surface area contributed by atoms with Crippen LogP contribution in [0.5, 0.6) is 0 Å². The van der Waals surface area contributed by atoms with Gasteiger partial charge in [-0.3, -0.25) is 0 Å². The molecule has 204 valence electrons. The average Bonchev–Trinajstić information content (AvgIpc) is 3.61. The minimum atomic E-state index is 0.522. The van der Waals surface area contributed by atoms with Crippen LogP contribution in [0.1, 0.15) is 11.1 Å². The summed E-state index contributed by atoms with van der Waals surface area (Å²) < 4.78 is 4.49. The fraction of sp³-hybridized carbons (Fsp3) is 0. The van der Waals surface area contributed by atoms with E-state index in [1.54, 1.807) is 0 Å². The summed E-state index contributed by atoms with van der Waals surface area (Å²) in [6.45, 7) is 0. The van der Waals surface area contributed by atoms with Gasteiger partial charge in [0.05, 0.1) is 39.0 Å². The lowest BCUT2D eigenvalue weighted by Gasteiger charge is -2.19. The Morgan fingerprint density at radius 3 is 1.57 bits per heavy atom. The maximum absolute atomic E-state index is 10.6. The molecule has 44 heavy (non-hydrogen) atoms. The summed E-state index contributed by atoms with van der Waals surface area (Å²) in [5, 5.41) is 28.5. The van der Waals surface area contributed by atoms with Gasteiger partial charge in [-0.1, -0.05) is 109 Å². The summed E-state index contributed by atoms with van der Waals surface area (Å²) in [4.78, 5) is 0. The normalized spacial score (nSPS) is 11.7. The highest BCUT2D eigenvalue weighted by Gasteiger charge is 2.23. The number of hydrogen-bond acceptors (Lipinski definition) is 2. The Labute approximate surface area is 252 Å². The largest absolute Gasteiger partial charge is 0.308 e. The van der Waals surface area contributed by atoms with Crippen molar-refractivity contribution < 1.29 is 0 Å². The summed E-state index contributed by atoms with van der Waals surface area (Å²) in [5.74, 6) is 0. The lowest BCUT2D eigenvalue weighted by Crippen LogP contribution is -2.08. The highest BCUT2D eigenvalue weighted by Crippen LogP contribution is 2.41.